The Morgan fingerprint density at radius 3 is 3.27 bits per heavy atom. The monoisotopic (exact) mass is 208 g/mol. The number of hydrogen-bond acceptors (Lipinski definition) is 3. The molecule has 1 aromatic heterocycles. The van der Waals surface area contributed by atoms with E-state index in [1.807, 2.05) is 6.07 Å². The summed E-state index contributed by atoms with van der Waals surface area (Å²) in [4.78, 5) is 13.2. The van der Waals surface area contributed by atoms with E-state index >= 15 is 0 Å². The number of carbonyl (C=O) groups is 1. The van der Waals surface area contributed by atoms with Gasteiger partial charge in [0.15, 0.2) is 0 Å². The highest BCUT2D eigenvalue weighted by Crippen LogP contribution is 2.16. The topological polar surface area (TPSA) is 61.0 Å². The molecule has 1 fully saturated rings. The van der Waals surface area contributed by atoms with Crippen LogP contribution in [0.15, 0.2) is 12.3 Å². The third-order valence-electron chi connectivity index (χ3n) is 2.66. The zero-order valence-corrected chi connectivity index (χ0v) is 8.86. The van der Waals surface area contributed by atoms with Crippen molar-refractivity contribution in [1.29, 1.82) is 0 Å². The normalized spacial score (nSPS) is 21.4. The smallest absolute Gasteiger partial charge is 0.217 e. The summed E-state index contributed by atoms with van der Waals surface area (Å²) in [7, 11) is 0. The molecule has 1 aliphatic rings. The number of amides is 1. The molecule has 1 saturated heterocycles. The molecule has 0 radical (unpaired) electrons. The van der Waals surface area contributed by atoms with Gasteiger partial charge in [0.05, 0.1) is 6.20 Å². The molecule has 1 amide bonds. The molecule has 1 atom stereocenters. The number of rotatable bonds is 2. The molecule has 1 aromatic rings. The highest BCUT2D eigenvalue weighted by Gasteiger charge is 2.20. The Bertz CT molecular complexity index is 322. The van der Waals surface area contributed by atoms with E-state index in [0.717, 1.165) is 31.7 Å². The average molecular weight is 208 g/mol. The van der Waals surface area contributed by atoms with Crippen LogP contribution in [0, 0.1) is 0 Å². The summed E-state index contributed by atoms with van der Waals surface area (Å²) in [5.41, 5.74) is 0. The van der Waals surface area contributed by atoms with Crippen molar-refractivity contribution in [2.24, 2.45) is 0 Å². The number of anilines is 1. The van der Waals surface area contributed by atoms with Crippen LogP contribution in [0.4, 0.5) is 5.82 Å². The fourth-order valence-electron chi connectivity index (χ4n) is 2.03. The lowest BCUT2D eigenvalue weighted by atomic mass is 10.1. The standard InChI is InChI=1S/C10H16N4O/c1-8(15)12-9-3-2-6-14(7-9)10-4-5-11-13-10/h4-5,9H,2-3,6-7H2,1H3,(H,11,13)(H,12,15)/t9-/m1/s1. The molecule has 2 N–H and O–H groups in total. The third kappa shape index (κ3) is 2.49. The third-order valence-corrected chi connectivity index (χ3v) is 2.66. The summed E-state index contributed by atoms with van der Waals surface area (Å²) in [5.74, 6) is 1.08. The SMILES string of the molecule is CC(=O)N[C@@H]1CCCN(c2ccn[nH]2)C1. The first-order valence-electron chi connectivity index (χ1n) is 5.27. The van der Waals surface area contributed by atoms with Crippen molar-refractivity contribution in [1.82, 2.24) is 15.5 Å². The summed E-state index contributed by atoms with van der Waals surface area (Å²) in [6, 6.07) is 2.22. The molecule has 0 aromatic carbocycles. The number of hydrogen-bond donors (Lipinski definition) is 2. The number of nitrogens with one attached hydrogen (secondary N) is 2. The molecule has 1 aliphatic heterocycles. The molecule has 5 heteroatoms. The van der Waals surface area contributed by atoms with Gasteiger partial charge in [-0.25, -0.2) is 0 Å². The van der Waals surface area contributed by atoms with Gasteiger partial charge in [-0.15, -0.1) is 0 Å². The first-order valence-corrected chi connectivity index (χ1v) is 5.27. The summed E-state index contributed by atoms with van der Waals surface area (Å²) in [5, 5.41) is 9.83. The van der Waals surface area contributed by atoms with Gasteiger partial charge in [0.2, 0.25) is 5.91 Å². The molecule has 0 aliphatic carbocycles. The van der Waals surface area contributed by atoms with Crippen LogP contribution >= 0.6 is 0 Å². The van der Waals surface area contributed by atoms with Crippen LogP contribution in [0.5, 0.6) is 0 Å². The van der Waals surface area contributed by atoms with Crippen LogP contribution in [0.3, 0.4) is 0 Å². The molecule has 2 heterocycles. The minimum absolute atomic E-state index is 0.0476. The Labute approximate surface area is 88.8 Å². The van der Waals surface area contributed by atoms with Crippen molar-refractivity contribution in [2.75, 3.05) is 18.0 Å². The lowest BCUT2D eigenvalue weighted by Crippen LogP contribution is -2.47. The minimum Gasteiger partial charge on any atom is -0.355 e. The van der Waals surface area contributed by atoms with E-state index in [9.17, 15) is 4.79 Å². The molecule has 82 valence electrons. The van der Waals surface area contributed by atoms with E-state index in [-0.39, 0.29) is 11.9 Å². The molecular formula is C10H16N4O. The average Bonchev–Trinajstić information content (AvgIpc) is 2.69. The van der Waals surface area contributed by atoms with Crippen molar-refractivity contribution in [3.63, 3.8) is 0 Å². The molecule has 15 heavy (non-hydrogen) atoms. The second kappa shape index (κ2) is 4.33. The van der Waals surface area contributed by atoms with E-state index in [1.165, 1.54) is 0 Å². The van der Waals surface area contributed by atoms with Gasteiger partial charge in [-0.3, -0.25) is 9.89 Å². The van der Waals surface area contributed by atoms with Gasteiger partial charge < -0.3 is 10.2 Å². The molecule has 2 rings (SSSR count). The number of H-pyrrole nitrogens is 1. The number of aromatic amines is 1. The Morgan fingerprint density at radius 2 is 2.60 bits per heavy atom. The van der Waals surface area contributed by atoms with E-state index in [0.29, 0.717) is 0 Å². The van der Waals surface area contributed by atoms with E-state index in [4.69, 9.17) is 0 Å². The summed E-state index contributed by atoms with van der Waals surface area (Å²) >= 11 is 0. The van der Waals surface area contributed by atoms with Gasteiger partial charge >= 0.3 is 0 Å². The Morgan fingerprint density at radius 1 is 1.73 bits per heavy atom. The molecule has 0 unspecified atom stereocenters. The Kier molecular flexibility index (Phi) is 2.89. The molecular weight excluding hydrogens is 192 g/mol. The molecule has 0 spiro atoms. The maximum absolute atomic E-state index is 11.0. The van der Waals surface area contributed by atoms with Crippen molar-refractivity contribution in [3.05, 3.63) is 12.3 Å². The zero-order chi connectivity index (χ0) is 10.7. The van der Waals surface area contributed by atoms with Crippen LogP contribution < -0.4 is 10.2 Å². The number of aromatic nitrogens is 2. The lowest BCUT2D eigenvalue weighted by Gasteiger charge is -2.33. The number of nitrogens with zero attached hydrogens (tertiary/aromatic N) is 2. The second-order valence-corrected chi connectivity index (χ2v) is 3.93. The van der Waals surface area contributed by atoms with Crippen LogP contribution in [-0.2, 0) is 4.79 Å². The van der Waals surface area contributed by atoms with Gasteiger partial charge in [0, 0.05) is 32.1 Å². The highest BCUT2D eigenvalue weighted by atomic mass is 16.1. The van der Waals surface area contributed by atoms with Crippen LogP contribution in [0.2, 0.25) is 0 Å². The fourth-order valence-corrected chi connectivity index (χ4v) is 2.03. The predicted molar refractivity (Wildman–Crippen MR) is 57.6 cm³/mol. The Balaban J connectivity index is 1.95. The van der Waals surface area contributed by atoms with E-state index in [1.54, 1.807) is 13.1 Å². The molecule has 5 nitrogen and oxygen atoms in total. The van der Waals surface area contributed by atoms with Gasteiger partial charge in [-0.05, 0) is 12.8 Å². The number of carbonyl (C=O) groups excluding carboxylic acids is 1. The first kappa shape index (κ1) is 10.0. The van der Waals surface area contributed by atoms with Gasteiger partial charge in [0.25, 0.3) is 0 Å². The summed E-state index contributed by atoms with van der Waals surface area (Å²) in [6.45, 7) is 3.45. The first-order chi connectivity index (χ1) is 7.25. The highest BCUT2D eigenvalue weighted by molar-refractivity contribution is 5.73. The van der Waals surface area contributed by atoms with Crippen LogP contribution in [0.1, 0.15) is 19.8 Å². The quantitative estimate of drug-likeness (QED) is 0.744. The van der Waals surface area contributed by atoms with E-state index < -0.39 is 0 Å². The van der Waals surface area contributed by atoms with Gasteiger partial charge in [-0.2, -0.15) is 5.10 Å². The zero-order valence-electron chi connectivity index (χ0n) is 8.86. The van der Waals surface area contributed by atoms with Crippen molar-refractivity contribution >= 4 is 11.7 Å². The number of piperidine rings is 1. The van der Waals surface area contributed by atoms with Crippen molar-refractivity contribution in [3.8, 4) is 0 Å². The Hall–Kier alpha value is -1.52. The second-order valence-electron chi connectivity index (χ2n) is 3.93. The van der Waals surface area contributed by atoms with Crippen molar-refractivity contribution in [2.45, 2.75) is 25.8 Å². The molecule has 0 saturated carbocycles. The minimum atomic E-state index is 0.0476. The maximum atomic E-state index is 11.0. The van der Waals surface area contributed by atoms with Crippen molar-refractivity contribution < 1.29 is 4.79 Å². The van der Waals surface area contributed by atoms with E-state index in [2.05, 4.69) is 20.4 Å². The summed E-state index contributed by atoms with van der Waals surface area (Å²) < 4.78 is 0. The fraction of sp³-hybridized carbons (Fsp3) is 0.600. The predicted octanol–water partition coefficient (Wildman–Crippen LogP) is 0.515. The largest absolute Gasteiger partial charge is 0.355 e. The maximum Gasteiger partial charge on any atom is 0.217 e. The van der Waals surface area contributed by atoms with Crippen LogP contribution in [0.25, 0.3) is 0 Å². The van der Waals surface area contributed by atoms with Crippen LogP contribution in [-0.4, -0.2) is 35.2 Å². The van der Waals surface area contributed by atoms with Gasteiger partial charge in [0.1, 0.15) is 5.82 Å². The summed E-state index contributed by atoms with van der Waals surface area (Å²) in [6.07, 6.45) is 3.91. The molecule has 0 bridgehead atoms. The van der Waals surface area contributed by atoms with Gasteiger partial charge in [-0.1, -0.05) is 0 Å². The lowest BCUT2D eigenvalue weighted by molar-refractivity contribution is -0.119.